The monoisotopic (exact) mass is 778 g/mol. The first-order valence-electron chi connectivity index (χ1n) is 15.6. The van der Waals surface area contributed by atoms with Crippen LogP contribution in [0.1, 0.15) is 16.7 Å². The summed E-state index contributed by atoms with van der Waals surface area (Å²) in [4.78, 5) is 23.8. The molecule has 2 heterocycles. The number of nitrogens with one attached hydrogen (secondary N) is 2. The Morgan fingerprint density at radius 1 is 0.685 bits per heavy atom. The molecule has 0 atom stereocenters. The first kappa shape index (κ1) is 38.9. The molecule has 2 aromatic heterocycles. The topological polar surface area (TPSA) is 234 Å². The molecule has 4 aromatic carbocycles. The number of aryl methyl sites for hydroxylation is 1. The molecule has 6 aromatic rings. The van der Waals surface area contributed by atoms with Crippen molar-refractivity contribution in [1.29, 1.82) is 0 Å². The molecule has 0 bridgehead atoms. The maximum absolute atomic E-state index is 13.2. The van der Waals surface area contributed by atoms with Crippen molar-refractivity contribution in [3.63, 3.8) is 0 Å². The number of phenolic OH excluding ortho intramolecular Hbond substituents is 1. The number of nitrogens with zero attached hydrogens (tertiary/aromatic N) is 4. The second-order valence-electron chi connectivity index (χ2n) is 11.8. The third-order valence-corrected chi connectivity index (χ3v) is 9.32. The predicted molar refractivity (Wildman–Crippen MR) is 194 cm³/mol. The van der Waals surface area contributed by atoms with Crippen molar-refractivity contribution in [2.24, 2.45) is 10.3 Å². The minimum Gasteiger partial charge on any atom is -0.508 e. The van der Waals surface area contributed by atoms with Gasteiger partial charge in [0.15, 0.2) is 11.6 Å². The molecule has 280 valence electrons. The molecule has 0 aliphatic heterocycles. The SMILES string of the molecule is Cc1cccc(CC(=O)Nc2ccc(-n3cc(F)cn3)c(S(N)(=O)=O)c2)c1.NS(=O)(=O)c1cc(NC(=O)Cc2ccc(O)cc2)ccc1-n1cc(F)cn1. The number of benzene rings is 4. The molecule has 0 saturated carbocycles. The molecule has 0 aliphatic rings. The van der Waals surface area contributed by atoms with Gasteiger partial charge in [0.25, 0.3) is 0 Å². The van der Waals surface area contributed by atoms with Crippen molar-refractivity contribution in [3.8, 4) is 17.1 Å². The van der Waals surface area contributed by atoms with Crippen molar-refractivity contribution in [1.82, 2.24) is 19.6 Å². The van der Waals surface area contributed by atoms with Crippen LogP contribution in [0.25, 0.3) is 11.4 Å². The Morgan fingerprint density at radius 2 is 1.15 bits per heavy atom. The van der Waals surface area contributed by atoms with E-state index in [4.69, 9.17) is 10.3 Å². The Kier molecular flexibility index (Phi) is 11.7. The fourth-order valence-electron chi connectivity index (χ4n) is 5.10. The zero-order chi connectivity index (χ0) is 39.2. The molecule has 0 fully saturated rings. The van der Waals surface area contributed by atoms with Gasteiger partial charge in [-0.2, -0.15) is 10.2 Å². The Bertz CT molecular complexity index is 2560. The van der Waals surface area contributed by atoms with Gasteiger partial charge >= 0.3 is 0 Å². The predicted octanol–water partition coefficient (Wildman–Crippen LogP) is 3.69. The summed E-state index contributed by atoms with van der Waals surface area (Å²) in [6.07, 6.45) is 4.08. The summed E-state index contributed by atoms with van der Waals surface area (Å²) in [5.41, 5.74) is 3.14. The van der Waals surface area contributed by atoms with Gasteiger partial charge < -0.3 is 15.7 Å². The number of carbonyl (C=O) groups excluding carboxylic acids is 2. The zero-order valence-electron chi connectivity index (χ0n) is 28.2. The quantitative estimate of drug-likeness (QED) is 0.136. The number of primary sulfonamides is 2. The summed E-state index contributed by atoms with van der Waals surface area (Å²) >= 11 is 0. The van der Waals surface area contributed by atoms with Crippen LogP contribution in [0.4, 0.5) is 20.2 Å². The molecule has 0 saturated heterocycles. The van der Waals surface area contributed by atoms with Gasteiger partial charge in [0.2, 0.25) is 31.9 Å². The number of rotatable bonds is 10. The summed E-state index contributed by atoms with van der Waals surface area (Å²) < 4.78 is 76.2. The van der Waals surface area contributed by atoms with E-state index >= 15 is 0 Å². The van der Waals surface area contributed by atoms with E-state index in [0.717, 1.165) is 45.3 Å². The average Bonchev–Trinajstić information content (AvgIpc) is 3.73. The van der Waals surface area contributed by atoms with Crippen LogP contribution in [-0.2, 0) is 42.5 Å². The molecule has 7 N–H and O–H groups in total. The van der Waals surface area contributed by atoms with Crippen LogP contribution >= 0.6 is 0 Å². The van der Waals surface area contributed by atoms with Gasteiger partial charge in [0.05, 0.1) is 49.0 Å². The minimum absolute atomic E-state index is 0.0249. The number of hydrogen-bond acceptors (Lipinski definition) is 9. The number of amides is 2. The van der Waals surface area contributed by atoms with Gasteiger partial charge in [0.1, 0.15) is 15.5 Å². The first-order chi connectivity index (χ1) is 25.4. The molecular weight excluding hydrogens is 747 g/mol. The Labute approximate surface area is 308 Å². The molecule has 0 aliphatic carbocycles. The molecule has 0 unspecified atom stereocenters. The van der Waals surface area contributed by atoms with Gasteiger partial charge in [-0.05, 0) is 66.6 Å². The summed E-state index contributed by atoms with van der Waals surface area (Å²) in [7, 11) is -8.29. The maximum Gasteiger partial charge on any atom is 0.240 e. The summed E-state index contributed by atoms with van der Waals surface area (Å²) in [6, 6.07) is 21.7. The van der Waals surface area contributed by atoms with E-state index in [1.54, 1.807) is 12.1 Å². The highest BCUT2D eigenvalue weighted by Crippen LogP contribution is 2.25. The highest BCUT2D eigenvalue weighted by molar-refractivity contribution is 7.89. The molecule has 2 amide bonds. The lowest BCUT2D eigenvalue weighted by Crippen LogP contribution is -2.18. The van der Waals surface area contributed by atoms with Crippen molar-refractivity contribution in [2.45, 2.75) is 29.6 Å². The second kappa shape index (κ2) is 16.2. The minimum atomic E-state index is -4.16. The number of aromatic hydroxyl groups is 1. The van der Waals surface area contributed by atoms with Crippen molar-refractivity contribution >= 4 is 43.2 Å². The smallest absolute Gasteiger partial charge is 0.240 e. The van der Waals surface area contributed by atoms with E-state index in [1.165, 1.54) is 48.5 Å². The second-order valence-corrected chi connectivity index (χ2v) is 14.8. The van der Waals surface area contributed by atoms with Crippen LogP contribution in [0.5, 0.6) is 5.75 Å². The lowest BCUT2D eigenvalue weighted by atomic mass is 10.1. The van der Waals surface area contributed by atoms with E-state index in [-0.39, 0.29) is 62.9 Å². The van der Waals surface area contributed by atoms with E-state index in [2.05, 4.69) is 20.8 Å². The third kappa shape index (κ3) is 10.4. The van der Waals surface area contributed by atoms with Gasteiger partial charge in [-0.15, -0.1) is 0 Å². The lowest BCUT2D eigenvalue weighted by molar-refractivity contribution is -0.116. The largest absolute Gasteiger partial charge is 0.508 e. The first-order valence-corrected chi connectivity index (χ1v) is 18.7. The maximum atomic E-state index is 13.2. The highest BCUT2D eigenvalue weighted by Gasteiger charge is 2.20. The number of hydrogen-bond donors (Lipinski definition) is 5. The van der Waals surface area contributed by atoms with E-state index in [0.29, 0.717) is 5.56 Å². The Balaban J connectivity index is 0.000000208. The Hall–Kier alpha value is -6.28. The Morgan fingerprint density at radius 3 is 1.56 bits per heavy atom. The summed E-state index contributed by atoms with van der Waals surface area (Å²) in [5.74, 6) is -1.87. The number of sulfonamides is 2. The van der Waals surface area contributed by atoms with E-state index in [9.17, 15) is 40.3 Å². The van der Waals surface area contributed by atoms with Gasteiger partial charge in [-0.3, -0.25) is 9.59 Å². The normalized spacial score (nSPS) is 11.4. The van der Waals surface area contributed by atoms with Crippen molar-refractivity contribution in [3.05, 3.63) is 138 Å². The van der Waals surface area contributed by atoms with Crippen LogP contribution in [0.15, 0.2) is 120 Å². The average molecular weight is 779 g/mol. The molecular formula is C35H32F2N8O7S2. The third-order valence-electron chi connectivity index (χ3n) is 7.44. The highest BCUT2D eigenvalue weighted by atomic mass is 32.2. The van der Waals surface area contributed by atoms with Crippen LogP contribution in [0.2, 0.25) is 0 Å². The molecule has 15 nitrogen and oxygen atoms in total. The summed E-state index contributed by atoms with van der Waals surface area (Å²) in [5, 5.41) is 32.5. The number of nitrogens with two attached hydrogens (primary N) is 2. The standard InChI is InChI=1S/C18H17FN4O3S.C17H15FN4O4S/c1-12-3-2-4-13(7-12)8-18(24)22-15-5-6-16(17(9-15)27(20,25)26)23-11-14(19)10-21-23;18-12-9-20-22(10-12)15-6-3-13(8-16(15)27(19,25)26)21-17(24)7-11-1-4-14(23)5-2-11/h2-7,9-11H,8H2,1H3,(H,22,24)(H2,20,25,26);1-6,8-10,23H,7H2,(H,21,24)(H2,19,25,26). The zero-order valence-corrected chi connectivity index (χ0v) is 29.9. The number of aromatic nitrogens is 4. The van der Waals surface area contributed by atoms with Gasteiger partial charge in [-0.1, -0.05) is 42.0 Å². The number of carbonyl (C=O) groups is 2. The fourth-order valence-corrected chi connectivity index (χ4v) is 6.59. The molecule has 6 rings (SSSR count). The van der Waals surface area contributed by atoms with Gasteiger partial charge in [-0.25, -0.2) is 45.3 Å². The number of anilines is 2. The van der Waals surface area contributed by atoms with Crippen LogP contribution in [0, 0.1) is 18.6 Å². The molecule has 54 heavy (non-hydrogen) atoms. The van der Waals surface area contributed by atoms with Crippen LogP contribution in [0.3, 0.4) is 0 Å². The van der Waals surface area contributed by atoms with E-state index < -0.39 is 31.7 Å². The van der Waals surface area contributed by atoms with Gasteiger partial charge in [0, 0.05) is 11.4 Å². The molecule has 19 heteroatoms. The fraction of sp³-hybridized carbons (Fsp3) is 0.0857. The van der Waals surface area contributed by atoms with E-state index in [1.807, 2.05) is 31.2 Å². The lowest BCUT2D eigenvalue weighted by Gasteiger charge is -2.11. The summed E-state index contributed by atoms with van der Waals surface area (Å²) in [6.45, 7) is 1.93. The van der Waals surface area contributed by atoms with Crippen molar-refractivity contribution in [2.75, 3.05) is 10.6 Å². The van der Waals surface area contributed by atoms with Crippen LogP contribution in [-0.4, -0.2) is 53.3 Å². The molecule has 0 spiro atoms. The van der Waals surface area contributed by atoms with Crippen molar-refractivity contribution < 1.29 is 40.3 Å². The van der Waals surface area contributed by atoms with Crippen LogP contribution < -0.4 is 20.9 Å². The number of phenols is 1. The molecule has 0 radical (unpaired) electrons. The number of halogens is 2.